The van der Waals surface area contributed by atoms with Crippen molar-refractivity contribution in [3.05, 3.63) is 30.1 Å². The molecule has 3 rings (SSSR count). The summed E-state index contributed by atoms with van der Waals surface area (Å²) in [5.74, 6) is 0.979. The van der Waals surface area contributed by atoms with Crippen LogP contribution in [0.5, 0.6) is 0 Å². The van der Waals surface area contributed by atoms with Crippen molar-refractivity contribution in [3.8, 4) is 0 Å². The van der Waals surface area contributed by atoms with Crippen molar-refractivity contribution in [2.24, 2.45) is 0 Å². The Morgan fingerprint density at radius 3 is 2.83 bits per heavy atom. The normalized spacial score (nSPS) is 16.9. The van der Waals surface area contributed by atoms with Crippen molar-refractivity contribution in [1.29, 1.82) is 0 Å². The zero-order valence-electron chi connectivity index (χ0n) is 10.2. The summed E-state index contributed by atoms with van der Waals surface area (Å²) in [6.07, 6.45) is 0. The number of sulfonamides is 1. The molecule has 18 heavy (non-hydrogen) atoms. The van der Waals surface area contributed by atoms with Gasteiger partial charge in [0, 0.05) is 13.1 Å². The third-order valence-electron chi connectivity index (χ3n) is 3.38. The van der Waals surface area contributed by atoms with Gasteiger partial charge in [-0.2, -0.15) is 4.31 Å². The van der Waals surface area contributed by atoms with Crippen LogP contribution < -0.4 is 0 Å². The molecule has 0 atom stereocenters. The number of hydrogen-bond acceptors (Lipinski definition) is 3. The lowest BCUT2D eigenvalue weighted by Gasteiger charge is -2.26. The van der Waals surface area contributed by atoms with E-state index in [1.165, 1.54) is 4.31 Å². The maximum atomic E-state index is 11.9. The second-order valence-electron chi connectivity index (χ2n) is 4.40. The Hall–Kier alpha value is -1.40. The predicted octanol–water partition coefficient (Wildman–Crippen LogP) is 1.20. The first-order chi connectivity index (χ1) is 8.62. The van der Waals surface area contributed by atoms with E-state index in [0.29, 0.717) is 19.6 Å². The second-order valence-corrected chi connectivity index (χ2v) is 6.66. The number of para-hydroxylation sites is 2. The van der Waals surface area contributed by atoms with Crippen LogP contribution in [0.1, 0.15) is 12.7 Å². The Labute approximate surface area is 106 Å². The lowest BCUT2D eigenvalue weighted by Crippen LogP contribution is -2.39. The molecule has 0 fully saturated rings. The highest BCUT2D eigenvalue weighted by molar-refractivity contribution is 7.89. The average Bonchev–Trinajstić information content (AvgIpc) is 2.76. The molecule has 0 unspecified atom stereocenters. The number of benzene rings is 1. The van der Waals surface area contributed by atoms with Crippen LogP contribution in [0.15, 0.2) is 24.3 Å². The fourth-order valence-electron chi connectivity index (χ4n) is 2.36. The largest absolute Gasteiger partial charge is 0.326 e. The minimum atomic E-state index is -3.12. The first-order valence-corrected chi connectivity index (χ1v) is 7.64. The molecular formula is C12H15N3O2S. The van der Waals surface area contributed by atoms with Gasteiger partial charge in [-0.1, -0.05) is 12.1 Å². The van der Waals surface area contributed by atoms with E-state index in [2.05, 4.69) is 9.55 Å². The molecule has 0 N–H and O–H groups in total. The summed E-state index contributed by atoms with van der Waals surface area (Å²) in [4.78, 5) is 4.51. The van der Waals surface area contributed by atoms with Gasteiger partial charge in [0.15, 0.2) is 0 Å². The van der Waals surface area contributed by atoms with E-state index in [9.17, 15) is 8.42 Å². The van der Waals surface area contributed by atoms with Gasteiger partial charge >= 0.3 is 0 Å². The Balaban J connectivity index is 2.04. The smallest absolute Gasteiger partial charge is 0.214 e. The fraction of sp³-hybridized carbons (Fsp3) is 0.417. The van der Waals surface area contributed by atoms with Crippen LogP contribution >= 0.6 is 0 Å². The molecule has 1 aromatic carbocycles. The van der Waals surface area contributed by atoms with Gasteiger partial charge in [-0.05, 0) is 19.1 Å². The van der Waals surface area contributed by atoms with Crippen molar-refractivity contribution >= 4 is 21.1 Å². The molecule has 96 valence electrons. The van der Waals surface area contributed by atoms with Crippen LogP contribution in [0.25, 0.3) is 11.0 Å². The monoisotopic (exact) mass is 265 g/mol. The Bertz CT molecular complexity index is 690. The third-order valence-corrected chi connectivity index (χ3v) is 5.21. The van der Waals surface area contributed by atoms with E-state index in [-0.39, 0.29) is 5.75 Å². The van der Waals surface area contributed by atoms with Gasteiger partial charge in [-0.25, -0.2) is 13.4 Å². The highest BCUT2D eigenvalue weighted by Crippen LogP contribution is 2.22. The number of aromatic nitrogens is 2. The van der Waals surface area contributed by atoms with Gasteiger partial charge in [0.05, 0.1) is 23.3 Å². The van der Waals surface area contributed by atoms with Gasteiger partial charge in [-0.15, -0.1) is 0 Å². The fourth-order valence-corrected chi connectivity index (χ4v) is 3.40. The summed E-state index contributed by atoms with van der Waals surface area (Å²) in [6, 6.07) is 7.91. The molecule has 0 aliphatic carbocycles. The molecule has 0 bridgehead atoms. The predicted molar refractivity (Wildman–Crippen MR) is 69.6 cm³/mol. The molecule has 0 spiro atoms. The van der Waals surface area contributed by atoms with E-state index < -0.39 is 10.0 Å². The van der Waals surface area contributed by atoms with Crippen LogP contribution in [-0.4, -0.2) is 34.6 Å². The molecule has 0 saturated heterocycles. The number of hydrogen-bond donors (Lipinski definition) is 0. The summed E-state index contributed by atoms with van der Waals surface area (Å²) in [5.41, 5.74) is 2.02. The lowest BCUT2D eigenvalue weighted by molar-refractivity contribution is 0.339. The SMILES string of the molecule is CCS(=O)(=O)N1CCn2c(nc3ccccc32)C1. The Morgan fingerprint density at radius 1 is 1.28 bits per heavy atom. The topological polar surface area (TPSA) is 55.2 Å². The Kier molecular flexibility index (Phi) is 2.64. The molecule has 2 aromatic rings. The summed E-state index contributed by atoms with van der Waals surface area (Å²) < 4.78 is 27.4. The summed E-state index contributed by atoms with van der Waals surface area (Å²) in [6.45, 7) is 3.26. The molecule has 0 saturated carbocycles. The quantitative estimate of drug-likeness (QED) is 0.820. The van der Waals surface area contributed by atoms with Crippen LogP contribution in [0.2, 0.25) is 0 Å². The minimum Gasteiger partial charge on any atom is -0.326 e. The second kappa shape index (κ2) is 4.07. The van der Waals surface area contributed by atoms with E-state index in [1.807, 2.05) is 24.3 Å². The van der Waals surface area contributed by atoms with Crippen LogP contribution in [0, 0.1) is 0 Å². The average molecular weight is 265 g/mol. The third kappa shape index (κ3) is 1.72. The number of fused-ring (bicyclic) bond motifs is 3. The molecule has 0 radical (unpaired) electrons. The Morgan fingerprint density at radius 2 is 2.06 bits per heavy atom. The standard InChI is InChI=1S/C12H15N3O2S/c1-2-18(16,17)14-7-8-15-11-6-4-3-5-10(11)13-12(15)9-14/h3-6H,2,7-9H2,1H3. The molecule has 0 amide bonds. The van der Waals surface area contributed by atoms with E-state index >= 15 is 0 Å². The van der Waals surface area contributed by atoms with Gasteiger partial charge < -0.3 is 4.57 Å². The molecule has 1 aliphatic rings. The summed E-state index contributed by atoms with van der Waals surface area (Å²) >= 11 is 0. The van der Waals surface area contributed by atoms with Crippen molar-refractivity contribution in [2.75, 3.05) is 12.3 Å². The zero-order chi connectivity index (χ0) is 12.8. The lowest BCUT2D eigenvalue weighted by atomic mass is 10.3. The first-order valence-electron chi connectivity index (χ1n) is 6.04. The highest BCUT2D eigenvalue weighted by Gasteiger charge is 2.27. The minimum absolute atomic E-state index is 0.146. The highest BCUT2D eigenvalue weighted by atomic mass is 32.2. The van der Waals surface area contributed by atoms with Crippen molar-refractivity contribution in [3.63, 3.8) is 0 Å². The van der Waals surface area contributed by atoms with E-state index in [1.54, 1.807) is 6.92 Å². The van der Waals surface area contributed by atoms with Crippen LogP contribution in [0.4, 0.5) is 0 Å². The van der Waals surface area contributed by atoms with Gasteiger partial charge in [0.1, 0.15) is 5.82 Å². The summed E-state index contributed by atoms with van der Waals surface area (Å²) in [7, 11) is -3.12. The number of nitrogens with zero attached hydrogens (tertiary/aromatic N) is 3. The van der Waals surface area contributed by atoms with Crippen molar-refractivity contribution in [2.45, 2.75) is 20.0 Å². The van der Waals surface area contributed by atoms with E-state index in [4.69, 9.17) is 0 Å². The van der Waals surface area contributed by atoms with Crippen LogP contribution in [-0.2, 0) is 23.1 Å². The van der Waals surface area contributed by atoms with Gasteiger partial charge in [-0.3, -0.25) is 0 Å². The van der Waals surface area contributed by atoms with Gasteiger partial charge in [0.25, 0.3) is 0 Å². The van der Waals surface area contributed by atoms with Crippen molar-refractivity contribution in [1.82, 2.24) is 13.9 Å². The molecule has 6 heteroatoms. The molecule has 5 nitrogen and oxygen atoms in total. The molecule has 1 aliphatic heterocycles. The number of rotatable bonds is 2. The van der Waals surface area contributed by atoms with Crippen LogP contribution in [0.3, 0.4) is 0 Å². The maximum absolute atomic E-state index is 11.9. The van der Waals surface area contributed by atoms with E-state index in [0.717, 1.165) is 16.9 Å². The first kappa shape index (κ1) is 11.7. The number of imidazole rings is 1. The summed E-state index contributed by atoms with van der Waals surface area (Å²) in [5, 5.41) is 0. The molecule has 1 aromatic heterocycles. The van der Waals surface area contributed by atoms with Gasteiger partial charge in [0.2, 0.25) is 10.0 Å². The zero-order valence-corrected chi connectivity index (χ0v) is 11.0. The maximum Gasteiger partial charge on any atom is 0.214 e. The van der Waals surface area contributed by atoms with Crippen molar-refractivity contribution < 1.29 is 8.42 Å². The molecule has 2 heterocycles. The molecular weight excluding hydrogens is 250 g/mol.